The number of H-pyrrole nitrogens is 1. The summed E-state index contributed by atoms with van der Waals surface area (Å²) in [5.41, 5.74) is -1.06. The van der Waals surface area contributed by atoms with Crippen LogP contribution in [0.5, 0.6) is 5.88 Å². The van der Waals surface area contributed by atoms with Crippen LogP contribution < -0.4 is 11.2 Å². The van der Waals surface area contributed by atoms with Crippen LogP contribution in [0.2, 0.25) is 0 Å². The van der Waals surface area contributed by atoms with Crippen molar-refractivity contribution in [1.82, 2.24) is 14.8 Å². The highest BCUT2D eigenvalue weighted by Crippen LogP contribution is 2.08. The van der Waals surface area contributed by atoms with Crippen LogP contribution in [0.25, 0.3) is 0 Å². The highest BCUT2D eigenvalue weighted by Gasteiger charge is 2.13. The lowest BCUT2D eigenvalue weighted by Crippen LogP contribution is -2.35. The maximum absolute atomic E-state index is 11.4. The van der Waals surface area contributed by atoms with Crippen LogP contribution >= 0.6 is 0 Å². The predicted molar refractivity (Wildman–Crippen MR) is 62.2 cm³/mol. The normalized spacial score (nSPS) is 12.3. The molecule has 0 bridgehead atoms. The monoisotopic (exact) mass is 249 g/mol. The van der Waals surface area contributed by atoms with Crippen molar-refractivity contribution >= 4 is 0 Å². The zero-order valence-electron chi connectivity index (χ0n) is 9.28. The number of aromatic amines is 1. The fourth-order valence-electron chi connectivity index (χ4n) is 1.52. The second kappa shape index (κ2) is 4.84. The van der Waals surface area contributed by atoms with E-state index in [0.717, 1.165) is 5.56 Å². The molecule has 0 aliphatic carbocycles. The number of benzene rings is 1. The van der Waals surface area contributed by atoms with Crippen molar-refractivity contribution in [3.05, 3.63) is 56.7 Å². The van der Waals surface area contributed by atoms with Crippen LogP contribution in [0.4, 0.5) is 0 Å². The number of hydrogen-bond donors (Lipinski definition) is 3. The third-order valence-electron chi connectivity index (χ3n) is 2.38. The van der Waals surface area contributed by atoms with E-state index in [9.17, 15) is 14.7 Å². The molecule has 1 atom stereocenters. The van der Waals surface area contributed by atoms with Gasteiger partial charge in [0, 0.05) is 6.42 Å². The zero-order chi connectivity index (χ0) is 13.1. The van der Waals surface area contributed by atoms with E-state index in [1.807, 2.05) is 11.1 Å². The first-order valence-electron chi connectivity index (χ1n) is 5.22. The van der Waals surface area contributed by atoms with Gasteiger partial charge in [-0.25, -0.2) is 4.79 Å². The molecule has 0 saturated carbocycles. The molecule has 1 heterocycles. The van der Waals surface area contributed by atoms with Crippen LogP contribution in [-0.4, -0.2) is 25.0 Å². The number of aromatic nitrogens is 3. The number of rotatable bonds is 3. The van der Waals surface area contributed by atoms with Gasteiger partial charge in [0.15, 0.2) is 6.23 Å². The molecule has 0 saturated heterocycles. The fraction of sp³-hybridized carbons (Fsp3) is 0.182. The van der Waals surface area contributed by atoms with Crippen LogP contribution in [-0.2, 0) is 6.42 Å². The Balaban J connectivity index is 2.30. The van der Waals surface area contributed by atoms with Gasteiger partial charge in [0.1, 0.15) is 0 Å². The summed E-state index contributed by atoms with van der Waals surface area (Å²) < 4.78 is 0.629. The molecule has 2 aromatic rings. The number of aliphatic hydroxyl groups is 1. The molecule has 7 heteroatoms. The molecule has 18 heavy (non-hydrogen) atoms. The standard InChI is InChI=1S/C11H11N3O4/c15-8(6-7-4-2-1-3-5-7)14-11(18)12-9(16)10(17)13-14/h1-5,8,15H,6H2,(H,13,17)(H,12,16,18). The largest absolute Gasteiger partial charge is 0.488 e. The fourth-order valence-corrected chi connectivity index (χ4v) is 1.52. The summed E-state index contributed by atoms with van der Waals surface area (Å²) in [7, 11) is 0. The third-order valence-corrected chi connectivity index (χ3v) is 2.38. The molecule has 94 valence electrons. The molecular formula is C11H11N3O4. The van der Waals surface area contributed by atoms with Crippen LogP contribution in [0.3, 0.4) is 0 Å². The molecule has 3 N–H and O–H groups in total. The van der Waals surface area contributed by atoms with Crippen molar-refractivity contribution in [1.29, 1.82) is 0 Å². The Bertz CT molecular complexity index is 647. The maximum Gasteiger partial charge on any atom is 0.347 e. The Hall–Kier alpha value is -2.41. The van der Waals surface area contributed by atoms with Gasteiger partial charge in [0.2, 0.25) is 0 Å². The van der Waals surface area contributed by atoms with Gasteiger partial charge < -0.3 is 10.2 Å². The molecule has 0 spiro atoms. The Labute approximate surface area is 101 Å². The minimum absolute atomic E-state index is 0.138. The van der Waals surface area contributed by atoms with Gasteiger partial charge >= 0.3 is 11.2 Å². The van der Waals surface area contributed by atoms with E-state index in [1.165, 1.54) is 0 Å². The second-order valence-electron chi connectivity index (χ2n) is 3.70. The van der Waals surface area contributed by atoms with E-state index in [4.69, 9.17) is 5.11 Å². The summed E-state index contributed by atoms with van der Waals surface area (Å²) in [5.74, 6) is -0.860. The zero-order valence-corrected chi connectivity index (χ0v) is 9.28. The predicted octanol–water partition coefficient (Wildman–Crippen LogP) is -0.629. The van der Waals surface area contributed by atoms with Crippen molar-refractivity contribution < 1.29 is 10.2 Å². The lowest BCUT2D eigenvalue weighted by atomic mass is 10.1. The first-order chi connectivity index (χ1) is 8.58. The molecular weight excluding hydrogens is 238 g/mol. The quantitative estimate of drug-likeness (QED) is 0.671. The van der Waals surface area contributed by atoms with E-state index < -0.39 is 23.4 Å². The Kier molecular flexibility index (Phi) is 3.24. The van der Waals surface area contributed by atoms with Gasteiger partial charge in [0.05, 0.1) is 0 Å². The van der Waals surface area contributed by atoms with Crippen molar-refractivity contribution in [2.24, 2.45) is 0 Å². The Morgan fingerprint density at radius 3 is 2.61 bits per heavy atom. The van der Waals surface area contributed by atoms with E-state index in [1.54, 1.807) is 24.3 Å². The van der Waals surface area contributed by atoms with Gasteiger partial charge in [-0.2, -0.15) is 4.68 Å². The summed E-state index contributed by atoms with van der Waals surface area (Å²) in [6.45, 7) is 0. The molecule has 0 amide bonds. The molecule has 0 radical (unpaired) electrons. The summed E-state index contributed by atoms with van der Waals surface area (Å²) >= 11 is 0. The van der Waals surface area contributed by atoms with Crippen LogP contribution in [0.15, 0.2) is 39.9 Å². The first kappa shape index (κ1) is 12.1. The summed E-state index contributed by atoms with van der Waals surface area (Å²) in [6, 6.07) is 8.97. The lowest BCUT2D eigenvalue weighted by molar-refractivity contribution is 0.0808. The van der Waals surface area contributed by atoms with Crippen molar-refractivity contribution in [2.45, 2.75) is 12.6 Å². The second-order valence-corrected chi connectivity index (χ2v) is 3.70. The van der Waals surface area contributed by atoms with Gasteiger partial charge in [-0.3, -0.25) is 9.78 Å². The van der Waals surface area contributed by atoms with Gasteiger partial charge in [-0.1, -0.05) is 30.3 Å². The molecule has 0 aliphatic heterocycles. The first-order valence-corrected chi connectivity index (χ1v) is 5.22. The number of aromatic hydroxyl groups is 1. The topological polar surface area (TPSA) is 108 Å². The Morgan fingerprint density at radius 2 is 1.94 bits per heavy atom. The van der Waals surface area contributed by atoms with Crippen molar-refractivity contribution in [2.75, 3.05) is 0 Å². The number of hydrogen-bond acceptors (Lipinski definition) is 5. The van der Waals surface area contributed by atoms with Crippen LogP contribution in [0.1, 0.15) is 11.8 Å². The number of aliphatic hydroxyl groups excluding tert-OH is 1. The SMILES string of the molecule is O=c1[nH]c(=O)n(C(O)Cc2ccccc2)nc1O. The molecule has 7 nitrogen and oxygen atoms in total. The van der Waals surface area contributed by atoms with Gasteiger partial charge in [-0.15, -0.1) is 5.10 Å². The highest BCUT2D eigenvalue weighted by atomic mass is 16.3. The summed E-state index contributed by atoms with van der Waals surface area (Å²) in [5, 5.41) is 22.3. The lowest BCUT2D eigenvalue weighted by Gasteiger charge is -2.11. The number of nitrogens with one attached hydrogen (secondary N) is 1. The minimum atomic E-state index is -1.26. The average molecular weight is 249 g/mol. The molecule has 2 rings (SSSR count). The maximum atomic E-state index is 11.4. The van der Waals surface area contributed by atoms with E-state index >= 15 is 0 Å². The average Bonchev–Trinajstić information content (AvgIpc) is 2.35. The van der Waals surface area contributed by atoms with E-state index in [0.29, 0.717) is 4.68 Å². The third kappa shape index (κ3) is 2.46. The highest BCUT2D eigenvalue weighted by molar-refractivity contribution is 5.15. The molecule has 1 unspecified atom stereocenters. The van der Waals surface area contributed by atoms with Gasteiger partial charge in [0.25, 0.3) is 5.88 Å². The van der Waals surface area contributed by atoms with Gasteiger partial charge in [-0.05, 0) is 5.56 Å². The van der Waals surface area contributed by atoms with Crippen LogP contribution in [0, 0.1) is 0 Å². The molecule has 0 aliphatic rings. The smallest absolute Gasteiger partial charge is 0.347 e. The molecule has 1 aromatic heterocycles. The van der Waals surface area contributed by atoms with Crippen molar-refractivity contribution in [3.63, 3.8) is 0 Å². The number of nitrogens with zero attached hydrogens (tertiary/aromatic N) is 2. The minimum Gasteiger partial charge on any atom is -0.488 e. The molecule has 0 fully saturated rings. The summed E-state index contributed by atoms with van der Waals surface area (Å²) in [6.07, 6.45) is -1.12. The molecule has 1 aromatic carbocycles. The Morgan fingerprint density at radius 1 is 1.28 bits per heavy atom. The van der Waals surface area contributed by atoms with E-state index in [2.05, 4.69) is 5.10 Å². The van der Waals surface area contributed by atoms with Crippen molar-refractivity contribution in [3.8, 4) is 5.88 Å². The van der Waals surface area contributed by atoms with E-state index in [-0.39, 0.29) is 6.42 Å². The summed E-state index contributed by atoms with van der Waals surface area (Å²) in [4.78, 5) is 24.2.